The molecule has 1 aromatic rings. The van der Waals surface area contributed by atoms with E-state index in [4.69, 9.17) is 5.11 Å². The highest BCUT2D eigenvalue weighted by Gasteiger charge is 2.06. The fourth-order valence-electron chi connectivity index (χ4n) is 1.18. The maximum atomic E-state index is 8.86. The summed E-state index contributed by atoms with van der Waals surface area (Å²) in [4.78, 5) is 5.26. The van der Waals surface area contributed by atoms with Crippen molar-refractivity contribution in [3.63, 3.8) is 0 Å². The van der Waals surface area contributed by atoms with Crippen LogP contribution in [0.25, 0.3) is 0 Å². The molecule has 1 unspecified atom stereocenters. The molecule has 0 aliphatic heterocycles. The lowest BCUT2D eigenvalue weighted by Crippen LogP contribution is -2.31. The van der Waals surface area contributed by atoms with Gasteiger partial charge >= 0.3 is 0 Å². The average Bonchev–Trinajstić information content (AvgIpc) is 2.67. The maximum absolute atomic E-state index is 8.86. The molecule has 0 fully saturated rings. The second kappa shape index (κ2) is 7.23. The smallest absolute Gasteiger partial charge is 0.0794 e. The molecule has 3 nitrogen and oxygen atoms in total. The molecule has 0 saturated carbocycles. The molecule has 0 amide bonds. The number of rotatable bonds is 7. The predicted octanol–water partition coefficient (Wildman–Crippen LogP) is 1.35. The molecule has 0 radical (unpaired) electrons. The second-order valence-electron chi connectivity index (χ2n) is 3.01. The van der Waals surface area contributed by atoms with Crippen molar-refractivity contribution in [2.24, 2.45) is 0 Å². The van der Waals surface area contributed by atoms with Crippen molar-refractivity contribution >= 4 is 23.1 Å². The summed E-state index contributed by atoms with van der Waals surface area (Å²) in [6.07, 6.45) is 4.78. The van der Waals surface area contributed by atoms with Crippen LogP contribution in [0.15, 0.2) is 11.7 Å². The lowest BCUT2D eigenvalue weighted by molar-refractivity contribution is 0.270. The number of nitrogens with zero attached hydrogens (tertiary/aromatic N) is 1. The maximum Gasteiger partial charge on any atom is 0.0794 e. The molecular weight excluding hydrogens is 216 g/mol. The molecule has 0 aromatic carbocycles. The van der Waals surface area contributed by atoms with E-state index in [-0.39, 0.29) is 6.61 Å². The van der Waals surface area contributed by atoms with Crippen molar-refractivity contribution in [3.8, 4) is 0 Å². The Labute approximate surface area is 92.9 Å². The summed E-state index contributed by atoms with van der Waals surface area (Å²) in [5.74, 6) is 1.04. The number of aliphatic hydroxyl groups excluding tert-OH is 1. The first kappa shape index (κ1) is 12.0. The molecule has 80 valence electrons. The number of hydrogen-bond acceptors (Lipinski definition) is 5. The van der Waals surface area contributed by atoms with Crippen LogP contribution in [0.2, 0.25) is 0 Å². The largest absolute Gasteiger partial charge is 0.396 e. The zero-order chi connectivity index (χ0) is 10.2. The fraction of sp³-hybridized carbons (Fsp3) is 0.667. The van der Waals surface area contributed by atoms with Gasteiger partial charge in [0, 0.05) is 36.0 Å². The lowest BCUT2D eigenvalue weighted by atomic mass is 10.2. The van der Waals surface area contributed by atoms with Gasteiger partial charge in [-0.2, -0.15) is 11.8 Å². The number of thiazole rings is 1. The first-order valence-electron chi connectivity index (χ1n) is 4.57. The van der Waals surface area contributed by atoms with E-state index in [2.05, 4.69) is 16.6 Å². The van der Waals surface area contributed by atoms with Crippen LogP contribution in [0, 0.1) is 0 Å². The highest BCUT2D eigenvalue weighted by molar-refractivity contribution is 7.98. The molecule has 5 heteroatoms. The van der Waals surface area contributed by atoms with Crippen molar-refractivity contribution in [1.29, 1.82) is 0 Å². The lowest BCUT2D eigenvalue weighted by Gasteiger charge is -2.15. The average molecular weight is 232 g/mol. The zero-order valence-electron chi connectivity index (χ0n) is 8.27. The van der Waals surface area contributed by atoms with Crippen LogP contribution < -0.4 is 5.32 Å². The van der Waals surface area contributed by atoms with Crippen LogP contribution in [-0.2, 0) is 6.54 Å². The van der Waals surface area contributed by atoms with Gasteiger partial charge in [0.2, 0.25) is 0 Å². The third-order valence-electron chi connectivity index (χ3n) is 1.89. The second-order valence-corrected chi connectivity index (χ2v) is 4.89. The molecule has 2 N–H and O–H groups in total. The molecule has 0 aliphatic carbocycles. The Morgan fingerprint density at radius 2 is 2.57 bits per heavy atom. The van der Waals surface area contributed by atoms with Gasteiger partial charge in [-0.3, -0.25) is 4.98 Å². The van der Waals surface area contributed by atoms with Crippen molar-refractivity contribution in [2.75, 3.05) is 18.6 Å². The standard InChI is InChI=1S/C9H16N2OS2/c1-13-6-8(2-3-12)11-5-9-4-10-7-14-9/h4,7-8,11-12H,2-3,5-6H2,1H3. The molecular formula is C9H16N2OS2. The van der Waals surface area contributed by atoms with Gasteiger partial charge in [-0.05, 0) is 12.7 Å². The summed E-state index contributed by atoms with van der Waals surface area (Å²) in [5, 5.41) is 12.3. The number of aliphatic hydroxyl groups is 1. The third kappa shape index (κ3) is 4.41. The van der Waals surface area contributed by atoms with E-state index in [1.807, 2.05) is 11.7 Å². The van der Waals surface area contributed by atoms with Crippen molar-refractivity contribution < 1.29 is 5.11 Å². The highest BCUT2D eigenvalue weighted by Crippen LogP contribution is 2.07. The minimum absolute atomic E-state index is 0.251. The number of hydrogen-bond donors (Lipinski definition) is 2. The molecule has 0 bridgehead atoms. The number of thioether (sulfide) groups is 1. The Bertz CT molecular complexity index is 223. The summed E-state index contributed by atoms with van der Waals surface area (Å²) in [6, 6.07) is 0.400. The van der Waals surface area contributed by atoms with Gasteiger partial charge in [0.1, 0.15) is 0 Å². The topological polar surface area (TPSA) is 45.1 Å². The van der Waals surface area contributed by atoms with E-state index in [0.29, 0.717) is 6.04 Å². The minimum atomic E-state index is 0.251. The normalized spacial score (nSPS) is 13.0. The van der Waals surface area contributed by atoms with Crippen LogP contribution in [0.1, 0.15) is 11.3 Å². The Balaban J connectivity index is 2.25. The molecule has 1 rings (SSSR count). The third-order valence-corrected chi connectivity index (χ3v) is 3.41. The minimum Gasteiger partial charge on any atom is -0.396 e. The Morgan fingerprint density at radius 1 is 1.71 bits per heavy atom. The highest BCUT2D eigenvalue weighted by atomic mass is 32.2. The first-order chi connectivity index (χ1) is 6.86. The summed E-state index contributed by atoms with van der Waals surface area (Å²) >= 11 is 3.46. The SMILES string of the molecule is CSCC(CCO)NCc1cncs1. The van der Waals surface area contributed by atoms with Crippen LogP contribution in [0.5, 0.6) is 0 Å². The van der Waals surface area contributed by atoms with E-state index in [0.717, 1.165) is 18.7 Å². The van der Waals surface area contributed by atoms with Crippen LogP contribution in [-0.4, -0.2) is 34.7 Å². The van der Waals surface area contributed by atoms with Gasteiger partial charge < -0.3 is 10.4 Å². The fourth-order valence-corrected chi connectivity index (χ4v) is 2.41. The van der Waals surface area contributed by atoms with E-state index >= 15 is 0 Å². The molecule has 0 saturated heterocycles. The molecule has 0 spiro atoms. The monoisotopic (exact) mass is 232 g/mol. The van der Waals surface area contributed by atoms with Gasteiger partial charge in [-0.15, -0.1) is 11.3 Å². The molecule has 1 aromatic heterocycles. The van der Waals surface area contributed by atoms with E-state index in [9.17, 15) is 0 Å². The van der Waals surface area contributed by atoms with Crippen LogP contribution in [0.4, 0.5) is 0 Å². The Hall–Kier alpha value is -0.100. The molecule has 0 aliphatic rings. The van der Waals surface area contributed by atoms with Gasteiger partial charge in [0.05, 0.1) is 5.51 Å². The number of aromatic nitrogens is 1. The molecule has 1 heterocycles. The summed E-state index contributed by atoms with van der Waals surface area (Å²) in [5.41, 5.74) is 1.84. The summed E-state index contributed by atoms with van der Waals surface area (Å²) in [7, 11) is 0. The van der Waals surface area contributed by atoms with Crippen LogP contribution >= 0.6 is 23.1 Å². The van der Waals surface area contributed by atoms with E-state index in [1.54, 1.807) is 23.1 Å². The summed E-state index contributed by atoms with van der Waals surface area (Å²) < 4.78 is 0. The number of nitrogens with one attached hydrogen (secondary N) is 1. The Kier molecular flexibility index (Phi) is 6.18. The van der Waals surface area contributed by atoms with Crippen molar-refractivity contribution in [2.45, 2.75) is 19.0 Å². The van der Waals surface area contributed by atoms with Gasteiger partial charge in [0.15, 0.2) is 0 Å². The van der Waals surface area contributed by atoms with Gasteiger partial charge in [-0.1, -0.05) is 0 Å². The van der Waals surface area contributed by atoms with E-state index < -0.39 is 0 Å². The van der Waals surface area contributed by atoms with Crippen molar-refractivity contribution in [3.05, 3.63) is 16.6 Å². The van der Waals surface area contributed by atoms with Crippen molar-refractivity contribution in [1.82, 2.24) is 10.3 Å². The first-order valence-corrected chi connectivity index (χ1v) is 6.84. The zero-order valence-corrected chi connectivity index (χ0v) is 9.90. The quantitative estimate of drug-likeness (QED) is 0.745. The van der Waals surface area contributed by atoms with Gasteiger partial charge in [-0.25, -0.2) is 0 Å². The Morgan fingerprint density at radius 3 is 3.14 bits per heavy atom. The van der Waals surface area contributed by atoms with Gasteiger partial charge in [0.25, 0.3) is 0 Å². The van der Waals surface area contributed by atoms with E-state index in [1.165, 1.54) is 4.88 Å². The molecule has 14 heavy (non-hydrogen) atoms. The van der Waals surface area contributed by atoms with Crippen LogP contribution in [0.3, 0.4) is 0 Å². The molecule has 1 atom stereocenters. The summed E-state index contributed by atoms with van der Waals surface area (Å²) in [6.45, 7) is 1.11. The predicted molar refractivity (Wildman–Crippen MR) is 62.8 cm³/mol.